The number of fused-ring (bicyclic) bond motifs is 1. The Labute approximate surface area is 275 Å². The molecular weight excluding hydrogens is 621 g/mol. The van der Waals surface area contributed by atoms with Crippen LogP contribution in [0.15, 0.2) is 109 Å². The van der Waals surface area contributed by atoms with E-state index in [0.29, 0.717) is 52.5 Å². The minimum Gasteiger partial charge on any atom is -0.393 e. The Morgan fingerprint density at radius 3 is 2.25 bits per heavy atom. The Bertz CT molecular complexity index is 1910. The Kier molecular flexibility index (Phi) is 10.5. The topological polar surface area (TPSA) is 120 Å². The summed E-state index contributed by atoms with van der Waals surface area (Å²) < 4.78 is 39.1. The van der Waals surface area contributed by atoms with Crippen LogP contribution >= 0.6 is 0 Å². The zero-order chi connectivity index (χ0) is 34.3. The van der Waals surface area contributed by atoms with Crippen molar-refractivity contribution in [2.45, 2.75) is 38.1 Å². The lowest BCUT2D eigenvalue weighted by Crippen LogP contribution is -2.40. The number of hydrogen-bond acceptors (Lipinski definition) is 5. The molecule has 0 saturated carbocycles. The summed E-state index contributed by atoms with van der Waals surface area (Å²) in [6.45, 7) is 2.03. The maximum absolute atomic E-state index is 13.3. The minimum atomic E-state index is -4.47. The normalized spacial score (nSPS) is 12.6. The average molecular weight is 655 g/mol. The number of nitrogens with zero attached hydrogens (tertiary/aromatic N) is 1. The van der Waals surface area contributed by atoms with Gasteiger partial charge in [0.25, 0.3) is 11.8 Å². The lowest BCUT2D eigenvalue weighted by Gasteiger charge is -2.19. The van der Waals surface area contributed by atoms with Crippen molar-refractivity contribution in [1.82, 2.24) is 15.6 Å². The van der Waals surface area contributed by atoms with Gasteiger partial charge in [0, 0.05) is 23.1 Å². The van der Waals surface area contributed by atoms with Crippen molar-refractivity contribution in [3.8, 4) is 11.1 Å². The number of nitrogens with one attached hydrogen (secondary N) is 3. The van der Waals surface area contributed by atoms with Gasteiger partial charge in [-0.25, -0.2) is 4.98 Å². The molecule has 4 N–H and O–H groups in total. The Balaban J connectivity index is 1.30. The molecule has 0 aliphatic heterocycles. The van der Waals surface area contributed by atoms with Crippen LogP contribution in [0.4, 0.5) is 19.0 Å². The Morgan fingerprint density at radius 2 is 1.54 bits per heavy atom. The molecule has 48 heavy (non-hydrogen) atoms. The number of pyridine rings is 1. The molecule has 0 aliphatic carbocycles. The van der Waals surface area contributed by atoms with Crippen molar-refractivity contribution in [2.24, 2.45) is 0 Å². The summed E-state index contributed by atoms with van der Waals surface area (Å²) in [4.78, 5) is 44.2. The first-order chi connectivity index (χ1) is 23.0. The molecule has 4 aromatic carbocycles. The molecular formula is C37H33F3N4O4. The molecule has 3 amide bonds. The fourth-order valence-electron chi connectivity index (χ4n) is 5.16. The summed E-state index contributed by atoms with van der Waals surface area (Å²) in [5.41, 5.74) is 1.80. The molecule has 5 rings (SSSR count). The van der Waals surface area contributed by atoms with Gasteiger partial charge in [-0.1, -0.05) is 60.7 Å². The Hall–Kier alpha value is -5.55. The summed E-state index contributed by atoms with van der Waals surface area (Å²) in [6.07, 6.45) is -3.82. The summed E-state index contributed by atoms with van der Waals surface area (Å²) in [7, 11) is 0. The molecule has 0 fully saturated rings. The molecule has 1 unspecified atom stereocenters. The molecule has 11 heteroatoms. The molecule has 0 bridgehead atoms. The highest BCUT2D eigenvalue weighted by Crippen LogP contribution is 2.32. The second-order valence-electron chi connectivity index (χ2n) is 11.3. The number of carbonyl (C=O) groups excluding carboxylic acids is 3. The van der Waals surface area contributed by atoms with Gasteiger partial charge in [-0.05, 0) is 85.0 Å². The van der Waals surface area contributed by atoms with E-state index in [4.69, 9.17) is 0 Å². The van der Waals surface area contributed by atoms with Gasteiger partial charge in [0.15, 0.2) is 0 Å². The molecule has 0 radical (unpaired) electrons. The minimum absolute atomic E-state index is 0.239. The van der Waals surface area contributed by atoms with Crippen molar-refractivity contribution >= 4 is 34.4 Å². The van der Waals surface area contributed by atoms with Crippen LogP contribution in [0.3, 0.4) is 0 Å². The largest absolute Gasteiger partial charge is 0.416 e. The predicted molar refractivity (Wildman–Crippen MR) is 177 cm³/mol. The maximum atomic E-state index is 13.3. The van der Waals surface area contributed by atoms with Gasteiger partial charge in [-0.3, -0.25) is 14.4 Å². The molecule has 246 valence electrons. The van der Waals surface area contributed by atoms with E-state index in [2.05, 4.69) is 20.9 Å². The van der Waals surface area contributed by atoms with Gasteiger partial charge in [0.2, 0.25) is 5.91 Å². The van der Waals surface area contributed by atoms with Gasteiger partial charge < -0.3 is 21.1 Å². The third-order valence-corrected chi connectivity index (χ3v) is 7.66. The van der Waals surface area contributed by atoms with Crippen molar-refractivity contribution in [3.63, 3.8) is 0 Å². The second-order valence-corrected chi connectivity index (χ2v) is 11.3. The van der Waals surface area contributed by atoms with E-state index < -0.39 is 35.7 Å². The van der Waals surface area contributed by atoms with Crippen LogP contribution < -0.4 is 16.0 Å². The smallest absolute Gasteiger partial charge is 0.393 e. The number of carbonyl (C=O) groups is 3. The first-order valence-electron chi connectivity index (χ1n) is 15.3. The van der Waals surface area contributed by atoms with E-state index in [1.165, 1.54) is 12.1 Å². The SMILES string of the molecule is C[C@H](O)CCCNC(=O)C(NC(=O)c1ccc2nc(NC(=O)c3ccccc3-c3ccc(C(F)(F)F)cc3)ccc2c1)c1ccccc1. The summed E-state index contributed by atoms with van der Waals surface area (Å²) >= 11 is 0. The number of halogens is 3. The molecule has 1 heterocycles. The first-order valence-corrected chi connectivity index (χ1v) is 15.3. The molecule has 8 nitrogen and oxygen atoms in total. The monoisotopic (exact) mass is 654 g/mol. The molecule has 0 saturated heterocycles. The van der Waals surface area contributed by atoms with Crippen LogP contribution in [0.25, 0.3) is 22.0 Å². The highest BCUT2D eigenvalue weighted by atomic mass is 19.4. The van der Waals surface area contributed by atoms with E-state index >= 15 is 0 Å². The highest BCUT2D eigenvalue weighted by molar-refractivity contribution is 6.09. The lowest BCUT2D eigenvalue weighted by atomic mass is 9.98. The highest BCUT2D eigenvalue weighted by Gasteiger charge is 2.30. The van der Waals surface area contributed by atoms with E-state index in [1.807, 2.05) is 6.07 Å². The standard InChI is InChI=1S/C37H33F3N4O4/c1-23(45)8-7-21-41-36(48)33(25-9-3-2-4-10-25)44-34(46)27-15-19-31-26(22-27)16-20-32(42-31)43-35(47)30-12-6-5-11-29(30)24-13-17-28(18-14-24)37(38,39)40/h2-6,9-20,22-23,33,45H,7-8,21H2,1H3,(H,41,48)(H,44,46)(H,42,43,47)/t23-,33?/m0/s1. The van der Waals surface area contributed by atoms with Crippen LogP contribution in [0.2, 0.25) is 0 Å². The van der Waals surface area contributed by atoms with Gasteiger partial charge in [0.05, 0.1) is 17.2 Å². The van der Waals surface area contributed by atoms with Crippen LogP contribution in [0.5, 0.6) is 0 Å². The van der Waals surface area contributed by atoms with Crippen molar-refractivity contribution < 1.29 is 32.7 Å². The predicted octanol–water partition coefficient (Wildman–Crippen LogP) is 6.92. The van der Waals surface area contributed by atoms with Gasteiger partial charge >= 0.3 is 6.18 Å². The van der Waals surface area contributed by atoms with Gasteiger partial charge in [0.1, 0.15) is 11.9 Å². The summed E-state index contributed by atoms with van der Waals surface area (Å²) in [5.74, 6) is -1.10. The van der Waals surface area contributed by atoms with Crippen molar-refractivity contribution in [1.29, 1.82) is 0 Å². The fraction of sp³-hybridized carbons (Fsp3) is 0.189. The molecule has 5 aromatic rings. The number of benzene rings is 4. The van der Waals surface area contributed by atoms with Crippen LogP contribution in [0.1, 0.15) is 57.7 Å². The molecule has 1 aromatic heterocycles. The zero-order valence-corrected chi connectivity index (χ0v) is 25.9. The van der Waals surface area contributed by atoms with Crippen LogP contribution in [-0.4, -0.2) is 40.5 Å². The van der Waals surface area contributed by atoms with Crippen molar-refractivity contribution in [3.05, 3.63) is 131 Å². The lowest BCUT2D eigenvalue weighted by molar-refractivity contribution is -0.137. The van der Waals surface area contributed by atoms with Crippen LogP contribution in [0, 0.1) is 0 Å². The number of alkyl halides is 3. The molecule has 0 aliphatic rings. The number of anilines is 1. The summed E-state index contributed by atoms with van der Waals surface area (Å²) in [5, 5.41) is 18.5. The van der Waals surface area contributed by atoms with Crippen molar-refractivity contribution in [2.75, 3.05) is 11.9 Å². The Morgan fingerprint density at radius 1 is 0.833 bits per heavy atom. The zero-order valence-electron chi connectivity index (χ0n) is 25.9. The van der Waals surface area contributed by atoms with E-state index in [-0.39, 0.29) is 17.3 Å². The average Bonchev–Trinajstić information content (AvgIpc) is 3.08. The quantitative estimate of drug-likeness (QED) is 0.115. The molecule has 0 spiro atoms. The van der Waals surface area contributed by atoms with E-state index in [1.54, 1.807) is 85.8 Å². The number of rotatable bonds is 11. The van der Waals surface area contributed by atoms with E-state index in [9.17, 15) is 32.7 Å². The second kappa shape index (κ2) is 14.9. The number of aromatic nitrogens is 1. The van der Waals surface area contributed by atoms with Gasteiger partial charge in [-0.2, -0.15) is 13.2 Å². The number of amides is 3. The van der Waals surface area contributed by atoms with E-state index in [0.717, 1.165) is 12.1 Å². The number of hydrogen-bond donors (Lipinski definition) is 4. The third-order valence-electron chi connectivity index (χ3n) is 7.66. The molecule has 2 atom stereocenters. The fourth-order valence-corrected chi connectivity index (χ4v) is 5.16. The first kappa shape index (κ1) is 33.8. The van der Waals surface area contributed by atoms with Crippen LogP contribution in [-0.2, 0) is 11.0 Å². The maximum Gasteiger partial charge on any atom is 0.416 e. The number of aliphatic hydroxyl groups excluding tert-OH is 1. The van der Waals surface area contributed by atoms with Gasteiger partial charge in [-0.15, -0.1) is 0 Å². The third kappa shape index (κ3) is 8.42. The summed E-state index contributed by atoms with van der Waals surface area (Å²) in [6, 6.07) is 27.2. The number of aliphatic hydroxyl groups is 1.